The highest BCUT2D eigenvalue weighted by molar-refractivity contribution is 5.27. The number of hydrogen-bond donors (Lipinski definition) is 1. The van der Waals surface area contributed by atoms with E-state index >= 15 is 0 Å². The Balaban J connectivity index is 1.96. The normalized spacial score (nSPS) is 35.9. The number of hydrogen-bond acceptors (Lipinski definition) is 2. The Hall–Kier alpha value is -0.930. The highest BCUT2D eigenvalue weighted by atomic mass is 19.1. The number of likely N-dealkylation sites (tertiary alicyclic amines) is 1. The first-order valence-corrected chi connectivity index (χ1v) is 7.28. The van der Waals surface area contributed by atoms with E-state index in [1.165, 1.54) is 6.42 Å². The van der Waals surface area contributed by atoms with Crippen LogP contribution in [0.1, 0.15) is 31.2 Å². The van der Waals surface area contributed by atoms with Crippen molar-refractivity contribution in [3.63, 3.8) is 0 Å². The number of rotatable bonds is 1. The lowest BCUT2D eigenvalue weighted by molar-refractivity contribution is 0.167. The summed E-state index contributed by atoms with van der Waals surface area (Å²) < 4.78 is 14.2. The minimum absolute atomic E-state index is 0.0437. The van der Waals surface area contributed by atoms with Crippen LogP contribution in [0, 0.1) is 11.2 Å². The molecule has 3 heteroatoms. The number of benzene rings is 1. The van der Waals surface area contributed by atoms with E-state index in [9.17, 15) is 4.39 Å². The molecule has 0 bridgehead atoms. The topological polar surface area (TPSA) is 15.3 Å². The molecule has 2 heterocycles. The molecule has 104 valence electrons. The van der Waals surface area contributed by atoms with E-state index in [1.54, 1.807) is 12.1 Å². The fourth-order valence-electron chi connectivity index (χ4n) is 4.07. The van der Waals surface area contributed by atoms with Crippen LogP contribution in [0.5, 0.6) is 0 Å². The molecule has 1 N–H and O–H groups in total. The van der Waals surface area contributed by atoms with Crippen molar-refractivity contribution in [3.8, 4) is 0 Å². The van der Waals surface area contributed by atoms with Crippen LogP contribution in [0.2, 0.25) is 0 Å². The van der Waals surface area contributed by atoms with Crippen molar-refractivity contribution in [2.24, 2.45) is 5.41 Å². The molecule has 2 fully saturated rings. The molecule has 0 aromatic heterocycles. The molecule has 0 saturated carbocycles. The van der Waals surface area contributed by atoms with E-state index in [0.29, 0.717) is 12.0 Å². The van der Waals surface area contributed by atoms with Crippen molar-refractivity contribution in [3.05, 3.63) is 35.6 Å². The molecule has 19 heavy (non-hydrogen) atoms. The molecule has 3 atom stereocenters. The van der Waals surface area contributed by atoms with Gasteiger partial charge in [0.2, 0.25) is 0 Å². The molecule has 3 unspecified atom stereocenters. The zero-order chi connectivity index (χ0) is 13.5. The lowest BCUT2D eigenvalue weighted by Crippen LogP contribution is -2.45. The zero-order valence-corrected chi connectivity index (χ0v) is 11.8. The fourth-order valence-corrected chi connectivity index (χ4v) is 4.07. The van der Waals surface area contributed by atoms with Crippen LogP contribution < -0.4 is 5.32 Å². The summed E-state index contributed by atoms with van der Waals surface area (Å²) in [5, 5.41) is 3.46. The second kappa shape index (κ2) is 4.88. The minimum Gasteiger partial charge on any atom is -0.316 e. The summed E-state index contributed by atoms with van der Waals surface area (Å²) in [6.07, 6.45) is 2.34. The van der Waals surface area contributed by atoms with Gasteiger partial charge >= 0.3 is 0 Å². The fraction of sp³-hybridized carbons (Fsp3) is 0.625. The van der Waals surface area contributed by atoms with Crippen LogP contribution in [0.3, 0.4) is 0 Å². The maximum absolute atomic E-state index is 14.2. The molecule has 1 aromatic rings. The van der Waals surface area contributed by atoms with E-state index in [2.05, 4.69) is 24.2 Å². The summed E-state index contributed by atoms with van der Waals surface area (Å²) in [6.45, 7) is 5.34. The third kappa shape index (κ3) is 2.19. The van der Waals surface area contributed by atoms with Crippen LogP contribution in [-0.2, 0) is 0 Å². The van der Waals surface area contributed by atoms with Gasteiger partial charge in [0.1, 0.15) is 5.82 Å². The molecule has 2 saturated heterocycles. The predicted octanol–water partition coefficient (Wildman–Crippen LogP) is 2.61. The maximum atomic E-state index is 14.2. The van der Waals surface area contributed by atoms with Crippen molar-refractivity contribution < 1.29 is 4.39 Å². The Labute approximate surface area is 115 Å². The van der Waals surface area contributed by atoms with Crippen LogP contribution in [0.25, 0.3) is 0 Å². The van der Waals surface area contributed by atoms with Crippen molar-refractivity contribution >= 4 is 0 Å². The standard InChI is InChI=1S/C16H23FN2/c1-12-9-16(11-19(12)2)7-8-18-10-14(16)13-5-3-4-6-15(13)17/h3-6,12,14,18H,7-11H2,1-2H3. The average Bonchev–Trinajstić information content (AvgIpc) is 2.67. The van der Waals surface area contributed by atoms with Gasteiger partial charge in [-0.3, -0.25) is 0 Å². The number of nitrogens with zero attached hydrogens (tertiary/aromatic N) is 1. The van der Waals surface area contributed by atoms with Gasteiger partial charge in [-0.05, 0) is 50.4 Å². The van der Waals surface area contributed by atoms with Crippen molar-refractivity contribution in [1.82, 2.24) is 10.2 Å². The van der Waals surface area contributed by atoms with E-state index in [4.69, 9.17) is 0 Å². The van der Waals surface area contributed by atoms with Gasteiger partial charge < -0.3 is 10.2 Å². The quantitative estimate of drug-likeness (QED) is 0.837. The molecule has 2 nitrogen and oxygen atoms in total. The second-order valence-electron chi connectivity index (χ2n) is 6.36. The number of nitrogens with one attached hydrogen (secondary N) is 1. The summed E-state index contributed by atoms with van der Waals surface area (Å²) >= 11 is 0. The molecule has 1 aromatic carbocycles. The van der Waals surface area contributed by atoms with Gasteiger partial charge in [-0.15, -0.1) is 0 Å². The Bertz CT molecular complexity index is 450. The predicted molar refractivity (Wildman–Crippen MR) is 75.8 cm³/mol. The monoisotopic (exact) mass is 262 g/mol. The van der Waals surface area contributed by atoms with Gasteiger partial charge in [-0.1, -0.05) is 18.2 Å². The number of halogens is 1. The van der Waals surface area contributed by atoms with Crippen LogP contribution in [0.15, 0.2) is 24.3 Å². The van der Waals surface area contributed by atoms with Crippen molar-refractivity contribution in [2.75, 3.05) is 26.7 Å². The summed E-state index contributed by atoms with van der Waals surface area (Å²) in [6, 6.07) is 7.92. The first kappa shape index (κ1) is 13.1. The molecule has 0 amide bonds. The summed E-state index contributed by atoms with van der Waals surface area (Å²) in [5.41, 5.74) is 1.15. The lowest BCUT2D eigenvalue weighted by Gasteiger charge is -2.42. The van der Waals surface area contributed by atoms with E-state index in [0.717, 1.165) is 31.6 Å². The Morgan fingerprint density at radius 3 is 2.84 bits per heavy atom. The Morgan fingerprint density at radius 1 is 1.37 bits per heavy atom. The lowest BCUT2D eigenvalue weighted by atomic mass is 9.66. The third-order valence-electron chi connectivity index (χ3n) is 5.19. The van der Waals surface area contributed by atoms with Crippen LogP contribution in [-0.4, -0.2) is 37.6 Å². The third-order valence-corrected chi connectivity index (χ3v) is 5.19. The second-order valence-corrected chi connectivity index (χ2v) is 6.36. The van der Waals surface area contributed by atoms with Gasteiger partial charge in [-0.2, -0.15) is 0 Å². The Kier molecular flexibility index (Phi) is 3.35. The first-order valence-electron chi connectivity index (χ1n) is 7.28. The maximum Gasteiger partial charge on any atom is 0.126 e. The molecule has 1 spiro atoms. The van der Waals surface area contributed by atoms with Crippen molar-refractivity contribution in [1.29, 1.82) is 0 Å². The highest BCUT2D eigenvalue weighted by Crippen LogP contribution is 2.49. The molecular weight excluding hydrogens is 239 g/mol. The highest BCUT2D eigenvalue weighted by Gasteiger charge is 2.48. The smallest absolute Gasteiger partial charge is 0.126 e. The first-order chi connectivity index (χ1) is 9.12. The average molecular weight is 262 g/mol. The largest absolute Gasteiger partial charge is 0.316 e. The summed E-state index contributed by atoms with van der Waals surface area (Å²) in [7, 11) is 2.19. The van der Waals surface area contributed by atoms with Crippen LogP contribution >= 0.6 is 0 Å². The SMILES string of the molecule is CC1CC2(CCNCC2c2ccccc2F)CN1C. The van der Waals surface area contributed by atoms with E-state index < -0.39 is 0 Å². The molecule has 0 radical (unpaired) electrons. The van der Waals surface area contributed by atoms with Gasteiger partial charge in [0.25, 0.3) is 0 Å². The van der Waals surface area contributed by atoms with Crippen LogP contribution in [0.4, 0.5) is 4.39 Å². The van der Waals surface area contributed by atoms with E-state index in [1.807, 2.05) is 12.1 Å². The Morgan fingerprint density at radius 2 is 2.16 bits per heavy atom. The van der Waals surface area contributed by atoms with Gasteiger partial charge in [0.15, 0.2) is 0 Å². The molecular formula is C16H23FN2. The summed E-state index contributed by atoms with van der Waals surface area (Å²) in [4.78, 5) is 2.43. The van der Waals surface area contributed by atoms with Gasteiger partial charge in [0, 0.05) is 25.0 Å². The molecule has 0 aliphatic carbocycles. The van der Waals surface area contributed by atoms with Gasteiger partial charge in [-0.25, -0.2) is 4.39 Å². The van der Waals surface area contributed by atoms with Crippen molar-refractivity contribution in [2.45, 2.75) is 31.7 Å². The van der Waals surface area contributed by atoms with E-state index in [-0.39, 0.29) is 11.2 Å². The molecule has 2 aliphatic rings. The zero-order valence-electron chi connectivity index (χ0n) is 11.8. The number of piperidine rings is 1. The summed E-state index contributed by atoms with van der Waals surface area (Å²) in [5.74, 6) is 0.257. The molecule has 2 aliphatic heterocycles. The van der Waals surface area contributed by atoms with Gasteiger partial charge in [0.05, 0.1) is 0 Å². The minimum atomic E-state index is -0.0437. The molecule has 3 rings (SSSR count).